The lowest BCUT2D eigenvalue weighted by Gasteiger charge is -2.13. The van der Waals surface area contributed by atoms with E-state index in [1.165, 1.54) is 14.0 Å². The predicted molar refractivity (Wildman–Crippen MR) is 113 cm³/mol. The Labute approximate surface area is 172 Å². The number of benzene rings is 1. The molecule has 0 aliphatic rings. The molecule has 0 saturated carbocycles. The van der Waals surface area contributed by atoms with E-state index in [4.69, 9.17) is 4.74 Å². The second-order valence-corrected chi connectivity index (χ2v) is 6.75. The average molecular weight is 410 g/mol. The average Bonchev–Trinajstić information content (AvgIpc) is 2.71. The van der Waals surface area contributed by atoms with E-state index in [-0.39, 0.29) is 18.3 Å². The van der Waals surface area contributed by atoms with E-state index < -0.39 is 11.2 Å². The highest BCUT2D eigenvalue weighted by atomic mass is 16.5. The van der Waals surface area contributed by atoms with Crippen molar-refractivity contribution in [2.45, 2.75) is 13.5 Å². The van der Waals surface area contributed by atoms with E-state index in [2.05, 4.69) is 15.4 Å². The molecule has 0 saturated heterocycles. The van der Waals surface area contributed by atoms with Crippen LogP contribution >= 0.6 is 0 Å². The molecular weight excluding hydrogens is 388 g/mol. The number of pyridine rings is 1. The Morgan fingerprint density at radius 2 is 1.97 bits per heavy atom. The van der Waals surface area contributed by atoms with Gasteiger partial charge in [-0.25, -0.2) is 14.3 Å². The number of nitrogens with one attached hydrogen (secondary N) is 1. The highest BCUT2D eigenvalue weighted by Gasteiger charge is 2.16. The van der Waals surface area contributed by atoms with Crippen LogP contribution in [-0.2, 0) is 11.3 Å². The van der Waals surface area contributed by atoms with Crippen LogP contribution in [0.25, 0.3) is 5.69 Å². The molecule has 0 spiro atoms. The molecule has 0 bridgehead atoms. The van der Waals surface area contributed by atoms with E-state index >= 15 is 0 Å². The number of amides is 1. The summed E-state index contributed by atoms with van der Waals surface area (Å²) in [7, 11) is 5.05. The Balaban J connectivity index is 2.08. The molecule has 1 N–H and O–H groups in total. The Bertz CT molecular complexity index is 1180. The SMILES string of the molecule is COc1nn(-c2cccc(NC(C)=O)c2)c(=O)n(Cc2ccc(N(C)C)nc2)c1=O. The number of rotatable bonds is 6. The first-order chi connectivity index (χ1) is 14.3. The molecule has 10 nitrogen and oxygen atoms in total. The molecule has 0 radical (unpaired) electrons. The Morgan fingerprint density at radius 3 is 2.57 bits per heavy atom. The van der Waals surface area contributed by atoms with Gasteiger partial charge in [0.25, 0.3) is 5.88 Å². The number of hydrogen-bond donors (Lipinski definition) is 1. The molecule has 3 aromatic rings. The second-order valence-electron chi connectivity index (χ2n) is 6.75. The van der Waals surface area contributed by atoms with Gasteiger partial charge in [-0.05, 0) is 29.8 Å². The number of carbonyl (C=O) groups excluding carboxylic acids is 1. The first-order valence-electron chi connectivity index (χ1n) is 9.08. The number of aromatic nitrogens is 4. The van der Waals surface area contributed by atoms with E-state index in [1.54, 1.807) is 42.6 Å². The smallest absolute Gasteiger partial charge is 0.352 e. The molecular formula is C20H22N6O4. The molecule has 30 heavy (non-hydrogen) atoms. The molecule has 2 aromatic heterocycles. The maximum absolute atomic E-state index is 13.1. The lowest BCUT2D eigenvalue weighted by Crippen LogP contribution is -2.41. The second kappa shape index (κ2) is 8.60. The van der Waals surface area contributed by atoms with Crippen molar-refractivity contribution < 1.29 is 9.53 Å². The molecule has 0 atom stereocenters. The predicted octanol–water partition coefficient (Wildman–Crippen LogP) is 0.870. The molecule has 0 unspecified atom stereocenters. The number of ether oxygens (including phenoxy) is 1. The first kappa shape index (κ1) is 20.8. The minimum atomic E-state index is -0.645. The van der Waals surface area contributed by atoms with Gasteiger partial charge in [0.2, 0.25) is 5.91 Å². The molecule has 0 aliphatic heterocycles. The van der Waals surface area contributed by atoms with E-state index in [0.29, 0.717) is 16.9 Å². The van der Waals surface area contributed by atoms with E-state index in [0.717, 1.165) is 15.1 Å². The fourth-order valence-corrected chi connectivity index (χ4v) is 2.80. The normalized spacial score (nSPS) is 10.5. The van der Waals surface area contributed by atoms with Crippen molar-refractivity contribution in [2.75, 3.05) is 31.4 Å². The van der Waals surface area contributed by atoms with Gasteiger partial charge in [0.15, 0.2) is 0 Å². The van der Waals surface area contributed by atoms with Crippen LogP contribution in [0.2, 0.25) is 0 Å². The van der Waals surface area contributed by atoms with Crippen LogP contribution in [0.4, 0.5) is 11.5 Å². The molecule has 1 amide bonds. The van der Waals surface area contributed by atoms with Crippen LogP contribution in [0.3, 0.4) is 0 Å². The molecule has 10 heteroatoms. The summed E-state index contributed by atoms with van der Waals surface area (Å²) in [6, 6.07) is 10.2. The Hall–Kier alpha value is -3.95. The topological polar surface area (TPSA) is 111 Å². The monoisotopic (exact) mass is 410 g/mol. The van der Waals surface area contributed by atoms with Crippen molar-refractivity contribution in [3.8, 4) is 11.6 Å². The van der Waals surface area contributed by atoms with Gasteiger partial charge in [-0.1, -0.05) is 12.1 Å². The van der Waals surface area contributed by atoms with Crippen LogP contribution in [0.15, 0.2) is 52.2 Å². The molecule has 0 aliphatic carbocycles. The van der Waals surface area contributed by atoms with Crippen LogP contribution in [0, 0.1) is 0 Å². The standard InChI is InChI=1S/C20H22N6O4/c1-13(27)22-15-6-5-7-16(10-15)26-20(29)25(19(28)18(23-26)30-4)12-14-8-9-17(21-11-14)24(2)3/h5-11H,12H2,1-4H3,(H,22,27). The fraction of sp³-hybridized carbons (Fsp3) is 0.250. The third-order valence-corrected chi connectivity index (χ3v) is 4.24. The zero-order valence-corrected chi connectivity index (χ0v) is 17.1. The summed E-state index contributed by atoms with van der Waals surface area (Å²) in [6.45, 7) is 1.39. The number of hydrogen-bond acceptors (Lipinski definition) is 7. The largest absolute Gasteiger partial charge is 0.476 e. The maximum atomic E-state index is 13.1. The summed E-state index contributed by atoms with van der Waals surface area (Å²) in [5.41, 5.74) is 0.255. The highest BCUT2D eigenvalue weighted by Crippen LogP contribution is 2.13. The third kappa shape index (κ3) is 4.37. The number of methoxy groups -OCH3 is 1. The van der Waals surface area contributed by atoms with Crippen molar-refractivity contribution in [1.29, 1.82) is 0 Å². The van der Waals surface area contributed by atoms with Crippen LogP contribution in [0.1, 0.15) is 12.5 Å². The Kier molecular flexibility index (Phi) is 5.95. The first-order valence-corrected chi connectivity index (χ1v) is 9.08. The third-order valence-electron chi connectivity index (χ3n) is 4.24. The Morgan fingerprint density at radius 1 is 1.20 bits per heavy atom. The van der Waals surface area contributed by atoms with Gasteiger partial charge in [-0.2, -0.15) is 4.68 Å². The molecule has 156 valence electrons. The van der Waals surface area contributed by atoms with Gasteiger partial charge in [-0.3, -0.25) is 9.59 Å². The highest BCUT2D eigenvalue weighted by molar-refractivity contribution is 5.88. The minimum absolute atomic E-state index is 0.00262. The van der Waals surface area contributed by atoms with Gasteiger partial charge in [0.1, 0.15) is 5.82 Å². The summed E-state index contributed by atoms with van der Waals surface area (Å²) in [4.78, 5) is 43.2. The van der Waals surface area contributed by atoms with Gasteiger partial charge < -0.3 is 15.0 Å². The van der Waals surface area contributed by atoms with E-state index in [9.17, 15) is 14.4 Å². The van der Waals surface area contributed by atoms with Crippen molar-refractivity contribution in [3.05, 3.63) is 69.0 Å². The summed E-state index contributed by atoms with van der Waals surface area (Å²) in [5.74, 6) is 0.284. The lowest BCUT2D eigenvalue weighted by molar-refractivity contribution is -0.114. The summed E-state index contributed by atoms with van der Waals surface area (Å²) < 4.78 is 7.18. The van der Waals surface area contributed by atoms with Gasteiger partial charge >= 0.3 is 11.2 Å². The maximum Gasteiger partial charge on any atom is 0.352 e. The molecule has 0 fully saturated rings. The lowest BCUT2D eigenvalue weighted by atomic mass is 10.2. The molecule has 3 rings (SSSR count). The van der Waals surface area contributed by atoms with Crippen molar-refractivity contribution in [1.82, 2.24) is 19.3 Å². The number of nitrogens with zero attached hydrogens (tertiary/aromatic N) is 5. The van der Waals surface area contributed by atoms with Crippen molar-refractivity contribution in [2.24, 2.45) is 0 Å². The van der Waals surface area contributed by atoms with Gasteiger partial charge in [-0.15, -0.1) is 5.10 Å². The number of carbonyl (C=O) groups is 1. The van der Waals surface area contributed by atoms with Crippen LogP contribution in [-0.4, -0.2) is 46.4 Å². The zero-order valence-electron chi connectivity index (χ0n) is 17.1. The fourth-order valence-electron chi connectivity index (χ4n) is 2.80. The molecule has 1 aromatic carbocycles. The molecule has 2 heterocycles. The van der Waals surface area contributed by atoms with Crippen molar-refractivity contribution in [3.63, 3.8) is 0 Å². The summed E-state index contributed by atoms with van der Waals surface area (Å²) in [5, 5.41) is 6.68. The van der Waals surface area contributed by atoms with E-state index in [1.807, 2.05) is 19.0 Å². The zero-order chi connectivity index (χ0) is 21.8. The van der Waals surface area contributed by atoms with Crippen LogP contribution in [0.5, 0.6) is 5.88 Å². The van der Waals surface area contributed by atoms with Crippen LogP contribution < -0.4 is 26.2 Å². The van der Waals surface area contributed by atoms with Crippen molar-refractivity contribution >= 4 is 17.4 Å². The van der Waals surface area contributed by atoms with Gasteiger partial charge in [0.05, 0.1) is 19.3 Å². The summed E-state index contributed by atoms with van der Waals surface area (Å²) in [6.07, 6.45) is 1.61. The van der Waals surface area contributed by atoms with Gasteiger partial charge in [0, 0.05) is 32.9 Å². The number of anilines is 2. The minimum Gasteiger partial charge on any atom is -0.476 e. The summed E-state index contributed by atoms with van der Waals surface area (Å²) >= 11 is 0. The quantitative estimate of drug-likeness (QED) is 0.642.